The van der Waals surface area contributed by atoms with E-state index in [1.54, 1.807) is 11.1 Å². The molecule has 1 amide bonds. The number of pyridine rings is 1. The van der Waals surface area contributed by atoms with E-state index in [0.29, 0.717) is 48.4 Å². The number of nitrogens with zero attached hydrogens (tertiary/aromatic N) is 3. The largest absolute Gasteiger partial charge is 0.492 e. The fourth-order valence-corrected chi connectivity index (χ4v) is 4.49. The topological polar surface area (TPSA) is 71.8 Å². The monoisotopic (exact) mass is 415 g/mol. The fraction of sp³-hybridized carbons (Fsp3) is 0.500. The number of ether oxygens (including phenoxy) is 1. The van der Waals surface area contributed by atoms with Gasteiger partial charge in [0.05, 0.1) is 18.0 Å². The van der Waals surface area contributed by atoms with Gasteiger partial charge in [-0.25, -0.2) is 4.39 Å². The summed E-state index contributed by atoms with van der Waals surface area (Å²) in [6.07, 6.45) is 4.33. The Bertz CT molecular complexity index is 1080. The number of halogens is 1. The van der Waals surface area contributed by atoms with Crippen molar-refractivity contribution in [2.24, 2.45) is 0 Å². The van der Waals surface area contributed by atoms with Gasteiger partial charge < -0.3 is 23.9 Å². The summed E-state index contributed by atoms with van der Waals surface area (Å²) in [5.74, 6) is -0.209. The number of carbonyl (C=O) groups excluding carboxylic acids is 2. The van der Waals surface area contributed by atoms with Gasteiger partial charge in [0, 0.05) is 56.8 Å². The van der Waals surface area contributed by atoms with E-state index in [-0.39, 0.29) is 35.2 Å². The lowest BCUT2D eigenvalue weighted by molar-refractivity contribution is -0.131. The van der Waals surface area contributed by atoms with Crippen LogP contribution in [0.2, 0.25) is 0 Å². The molecule has 1 aromatic heterocycles. The van der Waals surface area contributed by atoms with Crippen molar-refractivity contribution in [2.75, 3.05) is 31.6 Å². The Hall–Kier alpha value is -2.90. The van der Waals surface area contributed by atoms with Gasteiger partial charge in [0.15, 0.2) is 17.0 Å². The Morgan fingerprint density at radius 2 is 2.07 bits per heavy atom. The van der Waals surface area contributed by atoms with Crippen LogP contribution in [0.15, 0.2) is 17.1 Å². The fourth-order valence-electron chi connectivity index (χ4n) is 4.49. The average molecular weight is 415 g/mol. The minimum absolute atomic E-state index is 0.00150. The molecule has 0 N–H and O–H groups in total. The molecule has 2 aliphatic rings. The summed E-state index contributed by atoms with van der Waals surface area (Å²) in [6, 6.07) is 1.40. The second-order valence-corrected chi connectivity index (χ2v) is 8.14. The number of methoxy groups -OCH3 is 1. The molecule has 7 nitrogen and oxygen atoms in total. The summed E-state index contributed by atoms with van der Waals surface area (Å²) in [6.45, 7) is 4.90. The summed E-state index contributed by atoms with van der Waals surface area (Å²) in [5.41, 5.74) is 0.907. The van der Waals surface area contributed by atoms with E-state index in [2.05, 4.69) is 0 Å². The molecule has 0 bridgehead atoms. The SMILES string of the molecule is COc1c(N2CCN(C(C)=O)C(C)C2)c(F)cc2c(=O)c(CC=O)cn(C3CC3)c12. The lowest BCUT2D eigenvalue weighted by Gasteiger charge is -2.41. The van der Waals surface area contributed by atoms with E-state index >= 15 is 4.39 Å². The average Bonchev–Trinajstić information content (AvgIpc) is 3.54. The molecule has 1 aromatic carbocycles. The molecular formula is C22H26FN3O4. The number of aromatic nitrogens is 1. The van der Waals surface area contributed by atoms with Crippen molar-refractivity contribution in [1.82, 2.24) is 9.47 Å². The zero-order valence-corrected chi connectivity index (χ0v) is 17.5. The predicted octanol–water partition coefficient (Wildman–Crippen LogP) is 2.28. The second-order valence-electron chi connectivity index (χ2n) is 8.14. The molecule has 1 unspecified atom stereocenters. The third kappa shape index (κ3) is 3.34. The Balaban J connectivity index is 1.90. The number of piperazine rings is 1. The van der Waals surface area contributed by atoms with Crippen molar-refractivity contribution in [3.8, 4) is 5.75 Å². The van der Waals surface area contributed by atoms with Gasteiger partial charge in [0.2, 0.25) is 5.91 Å². The first kappa shape index (κ1) is 20.4. The Morgan fingerprint density at radius 3 is 2.63 bits per heavy atom. The van der Waals surface area contributed by atoms with Crippen LogP contribution in [0.4, 0.5) is 10.1 Å². The highest BCUT2D eigenvalue weighted by molar-refractivity contribution is 5.92. The van der Waals surface area contributed by atoms with Crippen LogP contribution in [0, 0.1) is 5.82 Å². The molecule has 4 rings (SSSR count). The Kier molecular flexibility index (Phi) is 5.26. The number of hydrogen-bond acceptors (Lipinski definition) is 5. The standard InChI is InChI=1S/C22H26FN3O4/c1-13-11-24(7-8-25(13)14(2)28)20-18(23)10-17-19(22(20)30-3)26(16-4-5-16)12-15(6-9-27)21(17)29/h9-10,12-13,16H,4-8,11H2,1-3H3. The molecule has 1 atom stereocenters. The van der Waals surface area contributed by atoms with Crippen LogP contribution >= 0.6 is 0 Å². The van der Waals surface area contributed by atoms with E-state index < -0.39 is 5.82 Å². The maximum Gasteiger partial charge on any atom is 0.219 e. The van der Waals surface area contributed by atoms with E-state index in [1.165, 1.54) is 20.1 Å². The van der Waals surface area contributed by atoms with Gasteiger partial charge in [-0.3, -0.25) is 9.59 Å². The van der Waals surface area contributed by atoms with Gasteiger partial charge >= 0.3 is 0 Å². The van der Waals surface area contributed by atoms with E-state index in [4.69, 9.17) is 4.74 Å². The maximum atomic E-state index is 15.4. The van der Waals surface area contributed by atoms with Crippen molar-refractivity contribution in [3.63, 3.8) is 0 Å². The molecule has 1 aliphatic heterocycles. The number of anilines is 1. The molecule has 1 aliphatic carbocycles. The molecule has 1 saturated heterocycles. The van der Waals surface area contributed by atoms with Crippen LogP contribution in [0.3, 0.4) is 0 Å². The van der Waals surface area contributed by atoms with Gasteiger partial charge in [0.25, 0.3) is 0 Å². The summed E-state index contributed by atoms with van der Waals surface area (Å²) < 4.78 is 23.0. The highest BCUT2D eigenvalue weighted by Gasteiger charge is 2.33. The van der Waals surface area contributed by atoms with Crippen LogP contribution in [-0.2, 0) is 16.0 Å². The Morgan fingerprint density at radius 1 is 1.33 bits per heavy atom. The van der Waals surface area contributed by atoms with Crippen molar-refractivity contribution in [2.45, 2.75) is 45.2 Å². The predicted molar refractivity (Wildman–Crippen MR) is 112 cm³/mol. The smallest absolute Gasteiger partial charge is 0.219 e. The van der Waals surface area contributed by atoms with Crippen LogP contribution in [0.1, 0.15) is 38.3 Å². The number of fused-ring (bicyclic) bond motifs is 1. The highest BCUT2D eigenvalue weighted by atomic mass is 19.1. The summed E-state index contributed by atoms with van der Waals surface area (Å²) >= 11 is 0. The minimum atomic E-state index is -0.537. The zero-order chi connectivity index (χ0) is 21.6. The normalized spacial score (nSPS) is 19.3. The van der Waals surface area contributed by atoms with E-state index in [1.807, 2.05) is 16.4 Å². The molecular weight excluding hydrogens is 389 g/mol. The van der Waals surface area contributed by atoms with Gasteiger partial charge in [-0.2, -0.15) is 0 Å². The lowest BCUT2D eigenvalue weighted by atomic mass is 10.1. The highest BCUT2D eigenvalue weighted by Crippen LogP contribution is 2.44. The molecule has 8 heteroatoms. The molecule has 30 heavy (non-hydrogen) atoms. The number of benzene rings is 1. The molecule has 2 heterocycles. The molecule has 0 radical (unpaired) electrons. The number of aldehydes is 1. The molecule has 1 saturated carbocycles. The van der Waals surface area contributed by atoms with Gasteiger partial charge in [-0.15, -0.1) is 0 Å². The van der Waals surface area contributed by atoms with Crippen molar-refractivity contribution in [3.05, 3.63) is 33.9 Å². The quantitative estimate of drug-likeness (QED) is 0.701. The first-order valence-electron chi connectivity index (χ1n) is 10.3. The number of hydrogen-bond donors (Lipinski definition) is 0. The molecule has 0 spiro atoms. The number of rotatable bonds is 5. The summed E-state index contributed by atoms with van der Waals surface area (Å²) in [7, 11) is 1.48. The second kappa shape index (κ2) is 7.74. The molecule has 2 fully saturated rings. The first-order chi connectivity index (χ1) is 14.4. The maximum absolute atomic E-state index is 15.4. The van der Waals surface area contributed by atoms with Crippen molar-refractivity contribution in [1.29, 1.82) is 0 Å². The third-order valence-corrected chi connectivity index (χ3v) is 6.07. The zero-order valence-electron chi connectivity index (χ0n) is 17.5. The molecule has 160 valence electrons. The summed E-state index contributed by atoms with van der Waals surface area (Å²) in [5, 5.41) is 0.231. The van der Waals surface area contributed by atoms with E-state index in [9.17, 15) is 14.4 Å². The van der Waals surface area contributed by atoms with Crippen molar-refractivity contribution >= 4 is 28.8 Å². The molecule has 2 aromatic rings. The van der Waals surface area contributed by atoms with Crippen LogP contribution in [0.5, 0.6) is 5.75 Å². The lowest BCUT2D eigenvalue weighted by Crippen LogP contribution is -2.53. The first-order valence-corrected chi connectivity index (χ1v) is 10.3. The number of carbonyl (C=O) groups is 2. The number of amides is 1. The van der Waals surface area contributed by atoms with E-state index in [0.717, 1.165) is 12.8 Å². The Labute approximate surface area is 174 Å². The van der Waals surface area contributed by atoms with Gasteiger partial charge in [-0.05, 0) is 25.8 Å². The van der Waals surface area contributed by atoms with Gasteiger partial charge in [0.1, 0.15) is 12.0 Å². The van der Waals surface area contributed by atoms with Gasteiger partial charge in [-0.1, -0.05) is 0 Å². The van der Waals surface area contributed by atoms with Crippen LogP contribution in [-0.4, -0.2) is 54.4 Å². The minimum Gasteiger partial charge on any atom is -0.492 e. The van der Waals surface area contributed by atoms with Crippen molar-refractivity contribution < 1.29 is 18.7 Å². The third-order valence-electron chi connectivity index (χ3n) is 6.07. The summed E-state index contributed by atoms with van der Waals surface area (Å²) in [4.78, 5) is 39.4. The van der Waals surface area contributed by atoms with Crippen LogP contribution < -0.4 is 15.1 Å². The van der Waals surface area contributed by atoms with Crippen LogP contribution in [0.25, 0.3) is 10.9 Å².